The first-order chi connectivity index (χ1) is 5.33. The summed E-state index contributed by atoms with van der Waals surface area (Å²) in [5.41, 5.74) is 0. The molecule has 0 bridgehead atoms. The smallest absolute Gasteiger partial charge is 0.214 e. The molecule has 1 aromatic heterocycles. The van der Waals surface area contributed by atoms with Gasteiger partial charge in [0.05, 0.1) is 6.61 Å². The summed E-state index contributed by atoms with van der Waals surface area (Å²) >= 11 is 2.24. The fraction of sp³-hybridized carbons (Fsp3) is 0.375. The zero-order valence-electron chi connectivity index (χ0n) is 6.38. The number of halogens is 1. The summed E-state index contributed by atoms with van der Waals surface area (Å²) in [6.45, 7) is 2.82. The van der Waals surface area contributed by atoms with E-state index in [1.165, 1.54) is 0 Å². The Kier molecular flexibility index (Phi) is 3.62. The van der Waals surface area contributed by atoms with Crippen molar-refractivity contribution in [2.75, 3.05) is 6.61 Å². The van der Waals surface area contributed by atoms with Crippen LogP contribution in [0.5, 0.6) is 5.88 Å². The maximum Gasteiger partial charge on any atom is 0.214 e. The molecule has 0 aliphatic rings. The van der Waals surface area contributed by atoms with Crippen LogP contribution in [0.15, 0.2) is 18.3 Å². The predicted octanol–water partition coefficient (Wildman–Crippen LogP) is 2.48. The third kappa shape index (κ3) is 3.05. The summed E-state index contributed by atoms with van der Waals surface area (Å²) in [5.74, 6) is 0.721. The molecule has 1 heterocycles. The fourth-order valence-corrected chi connectivity index (χ4v) is 1.10. The van der Waals surface area contributed by atoms with Crippen LogP contribution in [-0.2, 0) is 0 Å². The highest BCUT2D eigenvalue weighted by Crippen LogP contribution is 2.10. The fourth-order valence-electron chi connectivity index (χ4n) is 0.671. The maximum atomic E-state index is 5.32. The molecule has 0 aromatic carbocycles. The molecular formula is C8H10INO. The Morgan fingerprint density at radius 3 is 3.09 bits per heavy atom. The van der Waals surface area contributed by atoms with Crippen molar-refractivity contribution in [2.24, 2.45) is 0 Å². The van der Waals surface area contributed by atoms with Crippen molar-refractivity contribution in [3.8, 4) is 5.88 Å². The van der Waals surface area contributed by atoms with Crippen LogP contribution < -0.4 is 4.74 Å². The van der Waals surface area contributed by atoms with Crippen molar-refractivity contribution >= 4 is 22.6 Å². The van der Waals surface area contributed by atoms with E-state index in [0.717, 1.165) is 22.5 Å². The molecule has 0 fully saturated rings. The lowest BCUT2D eigenvalue weighted by molar-refractivity contribution is 0.305. The molecule has 3 heteroatoms. The van der Waals surface area contributed by atoms with Crippen LogP contribution in [0, 0.1) is 3.57 Å². The average molecular weight is 263 g/mol. The molecule has 11 heavy (non-hydrogen) atoms. The second-order valence-electron chi connectivity index (χ2n) is 2.16. The zero-order valence-corrected chi connectivity index (χ0v) is 8.54. The number of hydrogen-bond donors (Lipinski definition) is 0. The number of hydrogen-bond acceptors (Lipinski definition) is 2. The number of pyridine rings is 1. The van der Waals surface area contributed by atoms with Gasteiger partial charge in [0, 0.05) is 15.8 Å². The Morgan fingerprint density at radius 1 is 1.64 bits per heavy atom. The number of nitrogens with zero attached hydrogens (tertiary/aromatic N) is 1. The Hall–Kier alpha value is -0.320. The summed E-state index contributed by atoms with van der Waals surface area (Å²) in [5, 5.41) is 0. The van der Waals surface area contributed by atoms with Crippen LogP contribution in [0.4, 0.5) is 0 Å². The van der Waals surface area contributed by atoms with Crippen molar-refractivity contribution in [3.63, 3.8) is 0 Å². The Labute approximate surface area is 80.1 Å². The lowest BCUT2D eigenvalue weighted by Crippen LogP contribution is -1.96. The van der Waals surface area contributed by atoms with Crippen LogP contribution in [0.3, 0.4) is 0 Å². The van der Waals surface area contributed by atoms with Gasteiger partial charge in [-0.15, -0.1) is 0 Å². The van der Waals surface area contributed by atoms with E-state index in [-0.39, 0.29) is 0 Å². The zero-order chi connectivity index (χ0) is 8.10. The molecule has 0 unspecified atom stereocenters. The van der Waals surface area contributed by atoms with E-state index in [2.05, 4.69) is 34.5 Å². The van der Waals surface area contributed by atoms with Gasteiger partial charge in [0.25, 0.3) is 0 Å². The van der Waals surface area contributed by atoms with Gasteiger partial charge in [-0.25, -0.2) is 4.98 Å². The van der Waals surface area contributed by atoms with Gasteiger partial charge in [-0.2, -0.15) is 0 Å². The monoisotopic (exact) mass is 263 g/mol. The minimum Gasteiger partial charge on any atom is -0.478 e. The van der Waals surface area contributed by atoms with E-state index in [0.29, 0.717) is 0 Å². The average Bonchev–Trinajstić information content (AvgIpc) is 2.01. The molecule has 0 spiro atoms. The molecule has 0 N–H and O–H groups in total. The normalized spacial score (nSPS) is 9.64. The van der Waals surface area contributed by atoms with E-state index in [1.807, 2.05) is 12.1 Å². The van der Waals surface area contributed by atoms with Gasteiger partial charge >= 0.3 is 0 Å². The van der Waals surface area contributed by atoms with E-state index in [1.54, 1.807) is 6.20 Å². The van der Waals surface area contributed by atoms with Crippen LogP contribution in [0.1, 0.15) is 13.3 Å². The molecule has 2 nitrogen and oxygen atoms in total. The highest BCUT2D eigenvalue weighted by molar-refractivity contribution is 14.1. The first kappa shape index (κ1) is 8.77. The molecule has 0 saturated heterocycles. The highest BCUT2D eigenvalue weighted by atomic mass is 127. The molecule has 1 rings (SSSR count). The van der Waals surface area contributed by atoms with Gasteiger partial charge in [0.15, 0.2) is 0 Å². The highest BCUT2D eigenvalue weighted by Gasteiger charge is 1.93. The summed E-state index contributed by atoms with van der Waals surface area (Å²) in [6.07, 6.45) is 2.78. The quantitative estimate of drug-likeness (QED) is 0.781. The Bertz CT molecular complexity index is 227. The Balaban J connectivity index is 2.56. The second kappa shape index (κ2) is 4.54. The van der Waals surface area contributed by atoms with Crippen molar-refractivity contribution < 1.29 is 4.74 Å². The van der Waals surface area contributed by atoms with Gasteiger partial charge < -0.3 is 4.74 Å². The molecule has 0 amide bonds. The SMILES string of the molecule is CCCOc1cc(I)ccn1. The lowest BCUT2D eigenvalue weighted by Gasteiger charge is -2.01. The minimum atomic E-state index is 0.721. The number of rotatable bonds is 3. The third-order valence-corrected chi connectivity index (χ3v) is 1.82. The Morgan fingerprint density at radius 2 is 2.45 bits per heavy atom. The summed E-state index contributed by atoms with van der Waals surface area (Å²) < 4.78 is 6.48. The summed E-state index contributed by atoms with van der Waals surface area (Å²) in [7, 11) is 0. The maximum absolute atomic E-state index is 5.32. The second-order valence-corrected chi connectivity index (χ2v) is 3.41. The van der Waals surface area contributed by atoms with E-state index in [4.69, 9.17) is 4.74 Å². The largest absolute Gasteiger partial charge is 0.478 e. The molecule has 0 radical (unpaired) electrons. The molecule has 0 atom stereocenters. The van der Waals surface area contributed by atoms with Crippen LogP contribution >= 0.6 is 22.6 Å². The van der Waals surface area contributed by atoms with Gasteiger partial charge in [-0.1, -0.05) is 6.92 Å². The summed E-state index contributed by atoms with van der Waals surface area (Å²) in [6, 6.07) is 3.87. The van der Waals surface area contributed by atoms with Crippen molar-refractivity contribution in [3.05, 3.63) is 21.9 Å². The van der Waals surface area contributed by atoms with Gasteiger partial charge in [0.2, 0.25) is 5.88 Å². The van der Waals surface area contributed by atoms with Gasteiger partial charge in [-0.05, 0) is 35.1 Å². The van der Waals surface area contributed by atoms with Gasteiger partial charge in [-0.3, -0.25) is 0 Å². The standard InChI is InChI=1S/C8H10INO/c1-2-5-11-8-6-7(9)3-4-10-8/h3-4,6H,2,5H2,1H3. The van der Waals surface area contributed by atoms with Crippen LogP contribution in [-0.4, -0.2) is 11.6 Å². The molecule has 60 valence electrons. The third-order valence-electron chi connectivity index (χ3n) is 1.15. The number of aromatic nitrogens is 1. The molecular weight excluding hydrogens is 253 g/mol. The molecule has 1 aromatic rings. The van der Waals surface area contributed by atoms with E-state index < -0.39 is 0 Å². The topological polar surface area (TPSA) is 22.1 Å². The van der Waals surface area contributed by atoms with Crippen molar-refractivity contribution in [2.45, 2.75) is 13.3 Å². The molecule has 0 aliphatic heterocycles. The van der Waals surface area contributed by atoms with Crippen LogP contribution in [0.25, 0.3) is 0 Å². The van der Waals surface area contributed by atoms with Crippen LogP contribution in [0.2, 0.25) is 0 Å². The number of ether oxygens (including phenoxy) is 1. The van der Waals surface area contributed by atoms with E-state index >= 15 is 0 Å². The van der Waals surface area contributed by atoms with Crippen molar-refractivity contribution in [1.82, 2.24) is 4.98 Å². The minimum absolute atomic E-state index is 0.721. The van der Waals surface area contributed by atoms with Gasteiger partial charge in [0.1, 0.15) is 0 Å². The predicted molar refractivity (Wildman–Crippen MR) is 52.7 cm³/mol. The summed E-state index contributed by atoms with van der Waals surface area (Å²) in [4.78, 5) is 4.05. The lowest BCUT2D eigenvalue weighted by atomic mass is 10.5. The molecule has 0 aliphatic carbocycles. The first-order valence-electron chi connectivity index (χ1n) is 3.57. The first-order valence-corrected chi connectivity index (χ1v) is 4.65. The molecule has 0 saturated carbocycles. The van der Waals surface area contributed by atoms with E-state index in [9.17, 15) is 0 Å². The van der Waals surface area contributed by atoms with Crippen molar-refractivity contribution in [1.29, 1.82) is 0 Å².